The molecule has 3 aromatic rings. The van der Waals surface area contributed by atoms with E-state index in [-0.39, 0.29) is 6.04 Å². The number of aryl methyl sites for hydroxylation is 1. The standard InChI is InChI=1S/C18H20N2O/c1-3-10-19-18(17-9-6-11-21-17)16-12-13(2)14-7-4-5-8-15(14)20-16/h4-9,11-12,18-19H,3,10H2,1-2H3. The molecule has 0 radical (unpaired) electrons. The SMILES string of the molecule is CCCNC(c1cc(C)c2ccccc2n1)c1ccco1. The van der Waals surface area contributed by atoms with Gasteiger partial charge in [-0.3, -0.25) is 4.98 Å². The maximum atomic E-state index is 5.60. The fourth-order valence-corrected chi connectivity index (χ4v) is 2.62. The van der Waals surface area contributed by atoms with Crippen molar-refractivity contribution in [3.8, 4) is 0 Å². The molecule has 108 valence electrons. The van der Waals surface area contributed by atoms with Crippen LogP contribution in [-0.4, -0.2) is 11.5 Å². The summed E-state index contributed by atoms with van der Waals surface area (Å²) in [6, 6.07) is 14.3. The number of aromatic nitrogens is 1. The largest absolute Gasteiger partial charge is 0.467 e. The summed E-state index contributed by atoms with van der Waals surface area (Å²) in [4.78, 5) is 4.82. The van der Waals surface area contributed by atoms with Crippen LogP contribution in [0.15, 0.2) is 53.1 Å². The Kier molecular flexibility index (Phi) is 4.02. The third-order valence-electron chi connectivity index (χ3n) is 3.66. The van der Waals surface area contributed by atoms with Crippen molar-refractivity contribution in [2.45, 2.75) is 26.3 Å². The molecule has 1 unspecified atom stereocenters. The summed E-state index contributed by atoms with van der Waals surface area (Å²) in [6.45, 7) is 5.22. The van der Waals surface area contributed by atoms with E-state index in [1.165, 1.54) is 10.9 Å². The Morgan fingerprint density at radius 2 is 2.05 bits per heavy atom. The molecule has 1 atom stereocenters. The Morgan fingerprint density at radius 1 is 1.19 bits per heavy atom. The van der Waals surface area contributed by atoms with Crippen LogP contribution in [0.1, 0.15) is 36.4 Å². The second kappa shape index (κ2) is 6.10. The molecule has 0 amide bonds. The van der Waals surface area contributed by atoms with Crippen LogP contribution >= 0.6 is 0 Å². The van der Waals surface area contributed by atoms with Crippen molar-refractivity contribution in [1.29, 1.82) is 0 Å². The molecule has 0 spiro atoms. The van der Waals surface area contributed by atoms with Crippen molar-refractivity contribution in [2.24, 2.45) is 0 Å². The van der Waals surface area contributed by atoms with Crippen LogP contribution in [0.2, 0.25) is 0 Å². The number of nitrogens with zero attached hydrogens (tertiary/aromatic N) is 1. The summed E-state index contributed by atoms with van der Waals surface area (Å²) in [5.41, 5.74) is 3.28. The van der Waals surface area contributed by atoms with E-state index in [1.807, 2.05) is 18.2 Å². The van der Waals surface area contributed by atoms with E-state index in [4.69, 9.17) is 9.40 Å². The molecule has 3 nitrogen and oxygen atoms in total. The summed E-state index contributed by atoms with van der Waals surface area (Å²) in [6.07, 6.45) is 2.79. The van der Waals surface area contributed by atoms with Gasteiger partial charge in [0.1, 0.15) is 11.8 Å². The number of para-hydroxylation sites is 1. The van der Waals surface area contributed by atoms with Crippen molar-refractivity contribution in [3.63, 3.8) is 0 Å². The molecule has 3 rings (SSSR count). The Morgan fingerprint density at radius 3 is 2.81 bits per heavy atom. The first-order valence-corrected chi connectivity index (χ1v) is 7.42. The van der Waals surface area contributed by atoms with Gasteiger partial charge in [0.2, 0.25) is 0 Å². The zero-order valence-electron chi connectivity index (χ0n) is 12.5. The quantitative estimate of drug-likeness (QED) is 0.760. The minimum Gasteiger partial charge on any atom is -0.467 e. The lowest BCUT2D eigenvalue weighted by Gasteiger charge is -2.17. The first-order chi connectivity index (χ1) is 10.3. The molecule has 21 heavy (non-hydrogen) atoms. The minimum absolute atomic E-state index is 0.00301. The van der Waals surface area contributed by atoms with Crippen molar-refractivity contribution >= 4 is 10.9 Å². The average molecular weight is 280 g/mol. The molecular formula is C18H20N2O. The lowest BCUT2D eigenvalue weighted by molar-refractivity contribution is 0.442. The molecule has 3 heteroatoms. The smallest absolute Gasteiger partial charge is 0.126 e. The van der Waals surface area contributed by atoms with Crippen LogP contribution < -0.4 is 5.32 Å². The van der Waals surface area contributed by atoms with Gasteiger partial charge in [-0.2, -0.15) is 0 Å². The second-order valence-electron chi connectivity index (χ2n) is 5.28. The highest BCUT2D eigenvalue weighted by atomic mass is 16.3. The van der Waals surface area contributed by atoms with Crippen LogP contribution in [0.3, 0.4) is 0 Å². The Hall–Kier alpha value is -2.13. The van der Waals surface area contributed by atoms with Crippen LogP contribution in [0.4, 0.5) is 0 Å². The van der Waals surface area contributed by atoms with Gasteiger partial charge in [0, 0.05) is 5.39 Å². The van der Waals surface area contributed by atoms with Crippen molar-refractivity contribution in [3.05, 3.63) is 65.7 Å². The van der Waals surface area contributed by atoms with E-state index in [0.29, 0.717) is 0 Å². The zero-order chi connectivity index (χ0) is 14.7. The van der Waals surface area contributed by atoms with E-state index >= 15 is 0 Å². The molecule has 2 heterocycles. The van der Waals surface area contributed by atoms with Crippen molar-refractivity contribution in [2.75, 3.05) is 6.54 Å². The van der Waals surface area contributed by atoms with Gasteiger partial charge in [-0.05, 0) is 49.7 Å². The van der Waals surface area contributed by atoms with Crippen LogP contribution in [0.25, 0.3) is 10.9 Å². The topological polar surface area (TPSA) is 38.1 Å². The lowest BCUT2D eigenvalue weighted by Crippen LogP contribution is -2.23. The van der Waals surface area contributed by atoms with E-state index < -0.39 is 0 Å². The third-order valence-corrected chi connectivity index (χ3v) is 3.66. The Labute approximate surface area is 125 Å². The molecular weight excluding hydrogens is 260 g/mol. The lowest BCUT2D eigenvalue weighted by atomic mass is 10.0. The maximum Gasteiger partial charge on any atom is 0.126 e. The van der Waals surface area contributed by atoms with Gasteiger partial charge < -0.3 is 9.73 Å². The monoisotopic (exact) mass is 280 g/mol. The number of hydrogen-bond donors (Lipinski definition) is 1. The van der Waals surface area contributed by atoms with Gasteiger partial charge in [0.25, 0.3) is 0 Å². The fourth-order valence-electron chi connectivity index (χ4n) is 2.62. The summed E-state index contributed by atoms with van der Waals surface area (Å²) in [5, 5.41) is 4.73. The Bertz CT molecular complexity index is 719. The van der Waals surface area contributed by atoms with Gasteiger partial charge in [0.15, 0.2) is 0 Å². The van der Waals surface area contributed by atoms with E-state index in [0.717, 1.165) is 29.9 Å². The molecule has 0 aliphatic carbocycles. The highest BCUT2D eigenvalue weighted by Gasteiger charge is 2.18. The first-order valence-electron chi connectivity index (χ1n) is 7.42. The first kappa shape index (κ1) is 13.8. The van der Waals surface area contributed by atoms with Gasteiger partial charge in [0.05, 0.1) is 17.5 Å². The molecule has 2 aromatic heterocycles. The number of fused-ring (bicyclic) bond motifs is 1. The third kappa shape index (κ3) is 2.83. The number of pyridine rings is 1. The van der Waals surface area contributed by atoms with Gasteiger partial charge >= 0.3 is 0 Å². The predicted octanol–water partition coefficient (Wildman–Crippen LogP) is 4.23. The summed E-state index contributed by atoms with van der Waals surface area (Å²) in [7, 11) is 0. The van der Waals surface area contributed by atoms with Crippen LogP contribution in [-0.2, 0) is 0 Å². The van der Waals surface area contributed by atoms with Crippen molar-refractivity contribution in [1.82, 2.24) is 10.3 Å². The van der Waals surface area contributed by atoms with E-state index in [2.05, 4.69) is 43.4 Å². The summed E-state index contributed by atoms with van der Waals surface area (Å²) in [5.74, 6) is 0.908. The molecule has 1 N–H and O–H groups in total. The molecule has 0 aliphatic rings. The zero-order valence-corrected chi connectivity index (χ0v) is 12.5. The highest BCUT2D eigenvalue weighted by molar-refractivity contribution is 5.82. The van der Waals surface area contributed by atoms with E-state index in [9.17, 15) is 0 Å². The Balaban J connectivity index is 2.06. The van der Waals surface area contributed by atoms with Crippen LogP contribution in [0.5, 0.6) is 0 Å². The van der Waals surface area contributed by atoms with Crippen LogP contribution in [0, 0.1) is 6.92 Å². The van der Waals surface area contributed by atoms with E-state index in [1.54, 1.807) is 6.26 Å². The fraction of sp³-hybridized carbons (Fsp3) is 0.278. The average Bonchev–Trinajstić information content (AvgIpc) is 3.02. The summed E-state index contributed by atoms with van der Waals surface area (Å²) >= 11 is 0. The second-order valence-corrected chi connectivity index (χ2v) is 5.28. The number of furan rings is 1. The number of nitrogens with one attached hydrogen (secondary N) is 1. The molecule has 0 saturated heterocycles. The molecule has 0 saturated carbocycles. The number of benzene rings is 1. The number of hydrogen-bond acceptors (Lipinski definition) is 3. The number of rotatable bonds is 5. The molecule has 0 bridgehead atoms. The van der Waals surface area contributed by atoms with Gasteiger partial charge in [-0.15, -0.1) is 0 Å². The normalized spacial score (nSPS) is 12.7. The summed E-state index contributed by atoms with van der Waals surface area (Å²) < 4.78 is 5.60. The molecule has 0 aliphatic heterocycles. The maximum absolute atomic E-state index is 5.60. The van der Waals surface area contributed by atoms with Crippen molar-refractivity contribution < 1.29 is 4.42 Å². The van der Waals surface area contributed by atoms with Gasteiger partial charge in [-0.25, -0.2) is 0 Å². The predicted molar refractivity (Wildman–Crippen MR) is 85.3 cm³/mol. The highest BCUT2D eigenvalue weighted by Crippen LogP contribution is 2.25. The molecule has 0 fully saturated rings. The van der Waals surface area contributed by atoms with Gasteiger partial charge in [-0.1, -0.05) is 25.1 Å². The molecule has 1 aromatic carbocycles. The minimum atomic E-state index is 0.00301.